The lowest BCUT2D eigenvalue weighted by molar-refractivity contribution is 0.0945. The van der Waals surface area contributed by atoms with Crippen molar-refractivity contribution in [3.8, 4) is 0 Å². The van der Waals surface area contributed by atoms with Gasteiger partial charge in [-0.2, -0.15) is 0 Å². The first-order valence-corrected chi connectivity index (χ1v) is 11.5. The number of Topliss-reactive ketones (excluding diaryl/α,β-unsaturated/α-hetero) is 1. The minimum absolute atomic E-state index is 0.00790. The van der Waals surface area contributed by atoms with Gasteiger partial charge in [0.2, 0.25) is 5.78 Å². The van der Waals surface area contributed by atoms with Gasteiger partial charge in [-0.05, 0) is 42.7 Å². The van der Waals surface area contributed by atoms with Crippen molar-refractivity contribution in [1.29, 1.82) is 0 Å². The van der Waals surface area contributed by atoms with E-state index in [1.807, 2.05) is 20.8 Å². The van der Waals surface area contributed by atoms with E-state index in [9.17, 15) is 28.0 Å². The van der Waals surface area contributed by atoms with Crippen LogP contribution in [0.3, 0.4) is 0 Å². The summed E-state index contributed by atoms with van der Waals surface area (Å²) in [6.07, 6.45) is 0.567. The lowest BCUT2D eigenvalue weighted by atomic mass is 10.1. The number of hydrogen-bond acceptors (Lipinski definition) is 5. The zero-order valence-corrected chi connectivity index (χ0v) is 20.0. The van der Waals surface area contributed by atoms with Crippen LogP contribution in [-0.4, -0.2) is 37.0 Å². The van der Waals surface area contributed by atoms with Crippen LogP contribution in [0.1, 0.15) is 47.9 Å². The third-order valence-electron chi connectivity index (χ3n) is 5.68. The molecule has 0 unspecified atom stereocenters. The van der Waals surface area contributed by atoms with Gasteiger partial charge in [-0.1, -0.05) is 20.8 Å². The van der Waals surface area contributed by atoms with E-state index in [-0.39, 0.29) is 46.2 Å². The molecule has 0 saturated carbocycles. The molecular formula is C25H25F2N5O4. The Balaban J connectivity index is 1.88. The predicted octanol–water partition coefficient (Wildman–Crippen LogP) is 2.77. The highest BCUT2D eigenvalue weighted by molar-refractivity contribution is 5.98. The van der Waals surface area contributed by atoms with Gasteiger partial charge >= 0.3 is 5.69 Å². The smallest absolute Gasteiger partial charge is 0.352 e. The summed E-state index contributed by atoms with van der Waals surface area (Å²) in [5.74, 6) is -2.82. The van der Waals surface area contributed by atoms with Crippen LogP contribution in [0.25, 0.3) is 16.7 Å². The number of benzene rings is 2. The highest BCUT2D eigenvalue weighted by Gasteiger charge is 2.21. The molecule has 1 N–H and O–H groups in total. The zero-order valence-electron chi connectivity index (χ0n) is 20.0. The molecule has 0 aliphatic heterocycles. The number of hydrogen-bond donors (Lipinski definition) is 1. The van der Waals surface area contributed by atoms with Crippen LogP contribution in [0.2, 0.25) is 0 Å². The third-order valence-corrected chi connectivity index (χ3v) is 5.68. The van der Waals surface area contributed by atoms with E-state index in [2.05, 4.69) is 10.4 Å². The first-order valence-electron chi connectivity index (χ1n) is 11.5. The minimum Gasteiger partial charge on any atom is -0.352 e. The normalized spacial score (nSPS) is 11.5. The average Bonchev–Trinajstić information content (AvgIpc) is 3.15. The van der Waals surface area contributed by atoms with Gasteiger partial charge < -0.3 is 5.32 Å². The number of rotatable bonds is 8. The zero-order chi connectivity index (χ0) is 26.1. The summed E-state index contributed by atoms with van der Waals surface area (Å²) in [4.78, 5) is 51.9. The van der Waals surface area contributed by atoms with Crippen molar-refractivity contribution in [3.05, 3.63) is 80.0 Å². The number of ketones is 1. The Hall–Kier alpha value is -4.15. The molecular weight excluding hydrogens is 472 g/mol. The first-order chi connectivity index (χ1) is 17.1. The molecule has 188 valence electrons. The summed E-state index contributed by atoms with van der Waals surface area (Å²) in [7, 11) is 0. The number of nitrogens with one attached hydrogen (secondary N) is 1. The summed E-state index contributed by atoms with van der Waals surface area (Å²) in [6.45, 7) is 5.84. The molecule has 36 heavy (non-hydrogen) atoms. The molecule has 0 spiro atoms. The fourth-order valence-electron chi connectivity index (χ4n) is 3.92. The van der Waals surface area contributed by atoms with E-state index in [1.165, 1.54) is 27.2 Å². The molecule has 0 saturated heterocycles. The molecule has 11 heteroatoms. The number of amides is 1. The van der Waals surface area contributed by atoms with Crippen molar-refractivity contribution in [2.75, 3.05) is 6.54 Å². The van der Waals surface area contributed by atoms with Gasteiger partial charge in [0.25, 0.3) is 11.5 Å². The van der Waals surface area contributed by atoms with E-state index in [4.69, 9.17) is 0 Å². The van der Waals surface area contributed by atoms with Gasteiger partial charge in [0.1, 0.15) is 18.2 Å². The number of aromatic nitrogens is 4. The molecule has 1 amide bonds. The molecule has 2 aromatic carbocycles. The molecule has 0 atom stereocenters. The van der Waals surface area contributed by atoms with Crippen molar-refractivity contribution < 1.29 is 18.4 Å². The van der Waals surface area contributed by atoms with E-state index >= 15 is 0 Å². The number of carbonyl (C=O) groups is 2. The predicted molar refractivity (Wildman–Crippen MR) is 129 cm³/mol. The van der Waals surface area contributed by atoms with Crippen molar-refractivity contribution in [1.82, 2.24) is 24.1 Å². The summed E-state index contributed by atoms with van der Waals surface area (Å²) in [5.41, 5.74) is -1.12. The fraction of sp³-hybridized carbons (Fsp3) is 0.320. The Labute approximate surface area is 204 Å². The molecule has 0 aliphatic carbocycles. The molecule has 0 bridgehead atoms. The number of nitrogens with zero attached hydrogens (tertiary/aromatic N) is 4. The summed E-state index contributed by atoms with van der Waals surface area (Å²) in [5, 5.41) is 7.20. The Morgan fingerprint density at radius 2 is 1.83 bits per heavy atom. The molecule has 0 aliphatic rings. The van der Waals surface area contributed by atoms with E-state index in [0.717, 1.165) is 16.8 Å². The average molecular weight is 498 g/mol. The van der Waals surface area contributed by atoms with Crippen LogP contribution in [0.4, 0.5) is 8.78 Å². The SMILES string of the molecule is CCCn1c(=O)c2ccc(C(=O)NCC(C)C)cc2n2c(=O)n(CC(=O)c3ccc(F)cc3F)nc12. The lowest BCUT2D eigenvalue weighted by Crippen LogP contribution is -2.29. The summed E-state index contributed by atoms with van der Waals surface area (Å²) in [6, 6.07) is 6.95. The molecule has 2 heterocycles. The monoisotopic (exact) mass is 497 g/mol. The van der Waals surface area contributed by atoms with Gasteiger partial charge in [0.15, 0.2) is 5.78 Å². The molecule has 0 fully saturated rings. The van der Waals surface area contributed by atoms with Crippen molar-refractivity contribution in [3.63, 3.8) is 0 Å². The first kappa shape index (κ1) is 25.0. The van der Waals surface area contributed by atoms with E-state index < -0.39 is 35.2 Å². The maximum Gasteiger partial charge on any atom is 0.352 e. The molecule has 2 aromatic heterocycles. The largest absolute Gasteiger partial charge is 0.352 e. The van der Waals surface area contributed by atoms with Crippen LogP contribution >= 0.6 is 0 Å². The third kappa shape index (κ3) is 4.56. The Kier molecular flexibility index (Phi) is 6.82. The number of halogens is 2. The van der Waals surface area contributed by atoms with Gasteiger partial charge in [-0.3, -0.25) is 19.0 Å². The van der Waals surface area contributed by atoms with Gasteiger partial charge in [0.05, 0.1) is 16.5 Å². The van der Waals surface area contributed by atoms with Crippen LogP contribution < -0.4 is 16.6 Å². The van der Waals surface area contributed by atoms with Crippen LogP contribution in [0, 0.1) is 17.6 Å². The summed E-state index contributed by atoms with van der Waals surface area (Å²) < 4.78 is 30.7. The summed E-state index contributed by atoms with van der Waals surface area (Å²) >= 11 is 0. The maximum atomic E-state index is 14.1. The highest BCUT2D eigenvalue weighted by atomic mass is 19.1. The minimum atomic E-state index is -1.05. The Morgan fingerprint density at radius 1 is 1.08 bits per heavy atom. The maximum absolute atomic E-state index is 14.1. The lowest BCUT2D eigenvalue weighted by Gasteiger charge is -2.11. The highest BCUT2D eigenvalue weighted by Crippen LogP contribution is 2.16. The van der Waals surface area contributed by atoms with Gasteiger partial charge in [0, 0.05) is 24.7 Å². The Bertz CT molecular complexity index is 1620. The molecule has 4 rings (SSSR count). The quantitative estimate of drug-likeness (QED) is 0.377. The van der Waals surface area contributed by atoms with Crippen molar-refractivity contribution in [2.24, 2.45) is 5.92 Å². The van der Waals surface area contributed by atoms with Crippen LogP contribution in [0.15, 0.2) is 46.0 Å². The molecule has 9 nitrogen and oxygen atoms in total. The van der Waals surface area contributed by atoms with Crippen LogP contribution in [-0.2, 0) is 13.1 Å². The second kappa shape index (κ2) is 9.84. The molecule has 0 radical (unpaired) electrons. The van der Waals surface area contributed by atoms with Gasteiger partial charge in [-0.25, -0.2) is 22.7 Å². The number of aryl methyl sites for hydroxylation is 1. The van der Waals surface area contributed by atoms with Crippen molar-refractivity contribution in [2.45, 2.75) is 40.3 Å². The van der Waals surface area contributed by atoms with Gasteiger partial charge in [-0.15, -0.1) is 5.10 Å². The van der Waals surface area contributed by atoms with E-state index in [0.29, 0.717) is 19.0 Å². The van der Waals surface area contributed by atoms with Crippen molar-refractivity contribution >= 4 is 28.4 Å². The topological polar surface area (TPSA) is 107 Å². The molecule has 4 aromatic rings. The standard InChI is InChI=1S/C25H25F2N5O4/c1-4-9-30-23(35)18-7-5-15(22(34)28-12-14(2)3)10-20(18)32-24(30)29-31(25(32)36)13-21(33)17-8-6-16(26)11-19(17)27/h5-8,10-11,14H,4,9,12-13H2,1-3H3,(H,28,34). The number of carbonyl (C=O) groups excluding carboxylic acids is 2. The second-order valence-electron chi connectivity index (χ2n) is 8.92. The fourth-order valence-corrected chi connectivity index (χ4v) is 3.92. The van der Waals surface area contributed by atoms with E-state index in [1.54, 1.807) is 0 Å². The second-order valence-corrected chi connectivity index (χ2v) is 8.92. The Morgan fingerprint density at radius 3 is 2.50 bits per heavy atom. The van der Waals surface area contributed by atoms with Crippen LogP contribution in [0.5, 0.6) is 0 Å². The number of fused-ring (bicyclic) bond motifs is 3.